The van der Waals surface area contributed by atoms with Gasteiger partial charge < -0.3 is 4.74 Å². The average molecular weight is 207 g/mol. The lowest BCUT2D eigenvalue weighted by molar-refractivity contribution is 0.0836. The first kappa shape index (κ1) is 10.4. The van der Waals surface area contributed by atoms with Crippen LogP contribution in [0.1, 0.15) is 37.3 Å². The SMILES string of the molecule is C/C=C/Cc1nc(C2CCOCC2)n[nH]1. The van der Waals surface area contributed by atoms with Crippen LogP contribution >= 0.6 is 0 Å². The number of aromatic amines is 1. The molecule has 0 saturated carbocycles. The molecular weight excluding hydrogens is 190 g/mol. The topological polar surface area (TPSA) is 50.8 Å². The number of hydrogen-bond acceptors (Lipinski definition) is 3. The van der Waals surface area contributed by atoms with Gasteiger partial charge in [0.15, 0.2) is 5.82 Å². The van der Waals surface area contributed by atoms with Crippen LogP contribution in [0.25, 0.3) is 0 Å². The number of hydrogen-bond donors (Lipinski definition) is 1. The monoisotopic (exact) mass is 207 g/mol. The van der Waals surface area contributed by atoms with Crippen LogP contribution in [-0.2, 0) is 11.2 Å². The predicted octanol–water partition coefficient (Wildman–Crippen LogP) is 1.82. The van der Waals surface area contributed by atoms with Gasteiger partial charge >= 0.3 is 0 Å². The Kier molecular flexibility index (Phi) is 3.50. The maximum absolute atomic E-state index is 5.32. The smallest absolute Gasteiger partial charge is 0.153 e. The van der Waals surface area contributed by atoms with Crippen molar-refractivity contribution in [3.8, 4) is 0 Å². The molecule has 1 aliphatic heterocycles. The van der Waals surface area contributed by atoms with Crippen molar-refractivity contribution in [1.82, 2.24) is 15.2 Å². The minimum Gasteiger partial charge on any atom is -0.381 e. The highest BCUT2D eigenvalue weighted by Gasteiger charge is 2.19. The van der Waals surface area contributed by atoms with Crippen molar-refractivity contribution in [1.29, 1.82) is 0 Å². The van der Waals surface area contributed by atoms with Gasteiger partial charge in [-0.3, -0.25) is 5.10 Å². The lowest BCUT2D eigenvalue weighted by atomic mass is 10.00. The molecule has 2 rings (SSSR count). The Bertz CT molecular complexity index is 326. The zero-order valence-corrected chi connectivity index (χ0v) is 9.07. The summed E-state index contributed by atoms with van der Waals surface area (Å²) in [5.41, 5.74) is 0. The number of H-pyrrole nitrogens is 1. The average Bonchev–Trinajstić information content (AvgIpc) is 2.76. The summed E-state index contributed by atoms with van der Waals surface area (Å²) < 4.78 is 5.32. The molecular formula is C11H17N3O. The first-order valence-corrected chi connectivity index (χ1v) is 5.50. The Morgan fingerprint density at radius 3 is 3.00 bits per heavy atom. The minimum absolute atomic E-state index is 0.481. The highest BCUT2D eigenvalue weighted by molar-refractivity contribution is 5.01. The Hall–Kier alpha value is -1.16. The normalized spacial score (nSPS) is 18.7. The molecule has 0 aromatic carbocycles. The third-order valence-corrected chi connectivity index (χ3v) is 2.68. The molecule has 1 aromatic heterocycles. The highest BCUT2D eigenvalue weighted by Crippen LogP contribution is 2.23. The summed E-state index contributed by atoms with van der Waals surface area (Å²) in [5, 5.41) is 7.25. The molecule has 1 N–H and O–H groups in total. The second-order valence-electron chi connectivity index (χ2n) is 3.80. The van der Waals surface area contributed by atoms with Gasteiger partial charge in [-0.1, -0.05) is 12.2 Å². The van der Waals surface area contributed by atoms with Crippen molar-refractivity contribution >= 4 is 0 Å². The van der Waals surface area contributed by atoms with Gasteiger partial charge in [-0.2, -0.15) is 5.10 Å². The zero-order chi connectivity index (χ0) is 10.5. The number of aromatic nitrogens is 3. The first-order valence-electron chi connectivity index (χ1n) is 5.50. The summed E-state index contributed by atoms with van der Waals surface area (Å²) >= 11 is 0. The molecule has 2 heterocycles. The fraction of sp³-hybridized carbons (Fsp3) is 0.636. The number of rotatable bonds is 3. The fourth-order valence-electron chi connectivity index (χ4n) is 1.77. The molecule has 0 aliphatic carbocycles. The standard InChI is InChI=1S/C11H17N3O/c1-2-3-4-10-12-11(14-13-10)9-5-7-15-8-6-9/h2-3,9H,4-8H2,1H3,(H,12,13,14)/b3-2+. The van der Waals surface area contributed by atoms with E-state index < -0.39 is 0 Å². The van der Waals surface area contributed by atoms with Crippen molar-refractivity contribution in [3.63, 3.8) is 0 Å². The molecule has 0 unspecified atom stereocenters. The molecule has 15 heavy (non-hydrogen) atoms. The van der Waals surface area contributed by atoms with E-state index in [1.165, 1.54) is 0 Å². The molecule has 0 radical (unpaired) electrons. The van der Waals surface area contributed by atoms with E-state index in [-0.39, 0.29) is 0 Å². The molecule has 0 spiro atoms. The lowest BCUT2D eigenvalue weighted by Crippen LogP contribution is -2.15. The van der Waals surface area contributed by atoms with Gasteiger partial charge in [0.1, 0.15) is 5.82 Å². The van der Waals surface area contributed by atoms with Gasteiger partial charge in [0, 0.05) is 25.6 Å². The molecule has 82 valence electrons. The second kappa shape index (κ2) is 5.07. The van der Waals surface area contributed by atoms with Crippen LogP contribution in [0.15, 0.2) is 12.2 Å². The Labute approximate surface area is 89.8 Å². The van der Waals surface area contributed by atoms with Crippen LogP contribution in [0.2, 0.25) is 0 Å². The number of nitrogens with one attached hydrogen (secondary N) is 1. The molecule has 1 saturated heterocycles. The van der Waals surface area contributed by atoms with Crippen LogP contribution in [0.4, 0.5) is 0 Å². The maximum atomic E-state index is 5.32. The highest BCUT2D eigenvalue weighted by atomic mass is 16.5. The maximum Gasteiger partial charge on any atom is 0.153 e. The number of ether oxygens (including phenoxy) is 1. The molecule has 4 nitrogen and oxygen atoms in total. The summed E-state index contributed by atoms with van der Waals surface area (Å²) in [6.07, 6.45) is 7.03. The first-order chi connectivity index (χ1) is 7.40. The third-order valence-electron chi connectivity index (χ3n) is 2.68. The van der Waals surface area contributed by atoms with E-state index in [9.17, 15) is 0 Å². The molecule has 1 aliphatic rings. The Morgan fingerprint density at radius 1 is 1.47 bits per heavy atom. The van der Waals surface area contributed by atoms with Gasteiger partial charge in [-0.25, -0.2) is 4.98 Å². The fourth-order valence-corrected chi connectivity index (χ4v) is 1.77. The lowest BCUT2D eigenvalue weighted by Gasteiger charge is -2.18. The number of allylic oxidation sites excluding steroid dienone is 2. The van der Waals surface area contributed by atoms with E-state index in [1.54, 1.807) is 0 Å². The van der Waals surface area contributed by atoms with E-state index in [2.05, 4.69) is 21.3 Å². The summed E-state index contributed by atoms with van der Waals surface area (Å²) in [5.74, 6) is 2.39. The van der Waals surface area contributed by atoms with Crippen molar-refractivity contribution in [2.75, 3.05) is 13.2 Å². The van der Waals surface area contributed by atoms with E-state index in [0.29, 0.717) is 5.92 Å². The van der Waals surface area contributed by atoms with Gasteiger partial charge in [0.05, 0.1) is 0 Å². The van der Waals surface area contributed by atoms with Gasteiger partial charge in [0.2, 0.25) is 0 Å². The van der Waals surface area contributed by atoms with Crippen molar-refractivity contribution in [2.24, 2.45) is 0 Å². The van der Waals surface area contributed by atoms with Crippen LogP contribution in [0, 0.1) is 0 Å². The van der Waals surface area contributed by atoms with Crippen LogP contribution < -0.4 is 0 Å². The molecule has 0 atom stereocenters. The molecule has 1 fully saturated rings. The van der Waals surface area contributed by atoms with Crippen LogP contribution in [0.3, 0.4) is 0 Å². The predicted molar refractivity (Wildman–Crippen MR) is 57.7 cm³/mol. The molecule has 4 heteroatoms. The van der Waals surface area contributed by atoms with Crippen molar-refractivity contribution < 1.29 is 4.74 Å². The molecule has 0 bridgehead atoms. The van der Waals surface area contributed by atoms with Crippen molar-refractivity contribution in [2.45, 2.75) is 32.1 Å². The Morgan fingerprint density at radius 2 is 2.27 bits per heavy atom. The van der Waals surface area contributed by atoms with Crippen LogP contribution in [0.5, 0.6) is 0 Å². The zero-order valence-electron chi connectivity index (χ0n) is 9.07. The van der Waals surface area contributed by atoms with E-state index in [4.69, 9.17) is 4.74 Å². The summed E-state index contributed by atoms with van der Waals surface area (Å²) in [7, 11) is 0. The third kappa shape index (κ3) is 2.65. The largest absolute Gasteiger partial charge is 0.381 e. The van der Waals surface area contributed by atoms with E-state index in [0.717, 1.165) is 44.1 Å². The van der Waals surface area contributed by atoms with E-state index >= 15 is 0 Å². The van der Waals surface area contributed by atoms with Gasteiger partial charge in [0.25, 0.3) is 0 Å². The van der Waals surface area contributed by atoms with Crippen LogP contribution in [-0.4, -0.2) is 28.4 Å². The van der Waals surface area contributed by atoms with Crippen molar-refractivity contribution in [3.05, 3.63) is 23.8 Å². The quantitative estimate of drug-likeness (QED) is 0.769. The molecule has 0 amide bonds. The summed E-state index contributed by atoms with van der Waals surface area (Å²) in [6.45, 7) is 3.68. The van der Waals surface area contributed by atoms with E-state index in [1.807, 2.05) is 13.0 Å². The Balaban J connectivity index is 1.98. The summed E-state index contributed by atoms with van der Waals surface area (Å²) in [4.78, 5) is 4.50. The number of nitrogens with zero attached hydrogens (tertiary/aromatic N) is 2. The van der Waals surface area contributed by atoms with Gasteiger partial charge in [-0.15, -0.1) is 0 Å². The minimum atomic E-state index is 0.481. The second-order valence-corrected chi connectivity index (χ2v) is 3.80. The summed E-state index contributed by atoms with van der Waals surface area (Å²) in [6, 6.07) is 0. The molecule has 1 aromatic rings. The van der Waals surface area contributed by atoms with Gasteiger partial charge in [-0.05, 0) is 19.8 Å².